The van der Waals surface area contributed by atoms with Crippen molar-refractivity contribution in [3.05, 3.63) is 65.0 Å². The standard InChI is InChI=1S/C23H23F3N2O5/c1-27(23(32)33-13-14-6-3-2-4-7-14)15-8-5-9-28(12-15)22-17(24)10-16(20(25)21(22)26)18(29)11-19(30)31/h2-4,6-7,10,15H,5,8-9,11-13H2,1H3,(H,30,31). The van der Waals surface area contributed by atoms with Gasteiger partial charge in [0.05, 0.1) is 11.6 Å². The number of likely N-dealkylation sites (N-methyl/N-ethyl adjacent to an activating group) is 1. The van der Waals surface area contributed by atoms with Crippen LogP contribution in [0.15, 0.2) is 36.4 Å². The number of aliphatic carboxylic acids is 1. The van der Waals surface area contributed by atoms with Gasteiger partial charge in [0.2, 0.25) is 0 Å². The molecule has 0 radical (unpaired) electrons. The Hall–Kier alpha value is -3.56. The Kier molecular flexibility index (Phi) is 7.57. The molecule has 33 heavy (non-hydrogen) atoms. The Balaban J connectivity index is 1.73. The molecule has 2 aromatic carbocycles. The number of hydrogen-bond donors (Lipinski definition) is 1. The maximum Gasteiger partial charge on any atom is 0.410 e. The third-order valence-corrected chi connectivity index (χ3v) is 5.50. The van der Waals surface area contributed by atoms with Gasteiger partial charge in [-0.25, -0.2) is 18.0 Å². The molecule has 1 N–H and O–H groups in total. The minimum Gasteiger partial charge on any atom is -0.481 e. The van der Waals surface area contributed by atoms with Gasteiger partial charge in [0.15, 0.2) is 17.4 Å². The van der Waals surface area contributed by atoms with Gasteiger partial charge in [-0.3, -0.25) is 9.59 Å². The molecule has 0 bridgehead atoms. The van der Waals surface area contributed by atoms with Gasteiger partial charge in [0.25, 0.3) is 0 Å². The number of rotatable bonds is 7. The second kappa shape index (κ2) is 10.4. The van der Waals surface area contributed by atoms with E-state index in [4.69, 9.17) is 9.84 Å². The summed E-state index contributed by atoms with van der Waals surface area (Å²) in [5, 5.41) is 8.68. The molecule has 10 heteroatoms. The fraction of sp³-hybridized carbons (Fsp3) is 0.348. The highest BCUT2D eigenvalue weighted by Gasteiger charge is 2.32. The summed E-state index contributed by atoms with van der Waals surface area (Å²) >= 11 is 0. The zero-order chi connectivity index (χ0) is 24.1. The van der Waals surface area contributed by atoms with Gasteiger partial charge in [0.1, 0.15) is 24.5 Å². The summed E-state index contributed by atoms with van der Waals surface area (Å²) in [4.78, 5) is 37.6. The number of carbonyl (C=O) groups excluding carboxylic acids is 2. The highest BCUT2D eigenvalue weighted by molar-refractivity contribution is 6.05. The first-order valence-electron chi connectivity index (χ1n) is 10.3. The van der Waals surface area contributed by atoms with Crippen molar-refractivity contribution in [1.29, 1.82) is 0 Å². The van der Waals surface area contributed by atoms with E-state index in [-0.39, 0.29) is 19.7 Å². The molecule has 1 saturated heterocycles. The topological polar surface area (TPSA) is 87.2 Å². The van der Waals surface area contributed by atoms with Crippen LogP contribution in [-0.2, 0) is 16.1 Å². The van der Waals surface area contributed by atoms with E-state index in [1.807, 2.05) is 18.2 Å². The van der Waals surface area contributed by atoms with E-state index in [2.05, 4.69) is 0 Å². The average molecular weight is 464 g/mol. The number of nitrogens with zero attached hydrogens (tertiary/aromatic N) is 2. The molecule has 3 rings (SSSR count). The third-order valence-electron chi connectivity index (χ3n) is 5.50. The predicted molar refractivity (Wildman–Crippen MR) is 113 cm³/mol. The van der Waals surface area contributed by atoms with Crippen LogP contribution in [0.5, 0.6) is 0 Å². The first kappa shape index (κ1) is 24.1. The molecule has 1 aliphatic heterocycles. The van der Waals surface area contributed by atoms with Gasteiger partial charge in [-0.1, -0.05) is 30.3 Å². The van der Waals surface area contributed by atoms with Crippen molar-refractivity contribution in [3.63, 3.8) is 0 Å². The first-order valence-corrected chi connectivity index (χ1v) is 10.3. The summed E-state index contributed by atoms with van der Waals surface area (Å²) in [6.07, 6.45) is -0.667. The van der Waals surface area contributed by atoms with Gasteiger partial charge >= 0.3 is 12.1 Å². The number of carbonyl (C=O) groups is 3. The van der Waals surface area contributed by atoms with Crippen LogP contribution in [0.4, 0.5) is 23.7 Å². The van der Waals surface area contributed by atoms with E-state index in [0.29, 0.717) is 18.9 Å². The van der Waals surface area contributed by atoms with E-state index in [1.165, 1.54) is 16.8 Å². The van der Waals surface area contributed by atoms with E-state index in [1.54, 1.807) is 12.1 Å². The maximum absolute atomic E-state index is 14.7. The Labute approximate surface area is 188 Å². The number of ketones is 1. The minimum absolute atomic E-state index is 0.0205. The Morgan fingerprint density at radius 3 is 2.52 bits per heavy atom. The van der Waals surface area contributed by atoms with Crippen LogP contribution in [0.1, 0.15) is 35.2 Å². The number of piperidine rings is 1. The molecule has 1 atom stereocenters. The van der Waals surface area contributed by atoms with E-state index in [0.717, 1.165) is 5.56 Å². The van der Waals surface area contributed by atoms with Crippen LogP contribution in [0, 0.1) is 17.5 Å². The number of amides is 1. The van der Waals surface area contributed by atoms with Gasteiger partial charge in [0, 0.05) is 20.1 Å². The predicted octanol–water partition coefficient (Wildman–Crippen LogP) is 4.00. The molecule has 1 fully saturated rings. The lowest BCUT2D eigenvalue weighted by atomic mass is 10.0. The molecule has 176 valence electrons. The molecule has 1 amide bonds. The van der Waals surface area contributed by atoms with Gasteiger partial charge in [-0.15, -0.1) is 0 Å². The zero-order valence-corrected chi connectivity index (χ0v) is 17.9. The van der Waals surface area contributed by atoms with Crippen LogP contribution >= 0.6 is 0 Å². The molecule has 2 aromatic rings. The fourth-order valence-corrected chi connectivity index (χ4v) is 3.75. The molecule has 0 saturated carbocycles. The lowest BCUT2D eigenvalue weighted by molar-refractivity contribution is -0.135. The smallest absolute Gasteiger partial charge is 0.410 e. The van der Waals surface area contributed by atoms with Crippen molar-refractivity contribution in [2.24, 2.45) is 0 Å². The lowest BCUT2D eigenvalue weighted by Gasteiger charge is -2.38. The molecular formula is C23H23F3N2O5. The fourth-order valence-electron chi connectivity index (χ4n) is 3.75. The number of hydrogen-bond acceptors (Lipinski definition) is 5. The van der Waals surface area contributed by atoms with Crippen LogP contribution in [-0.4, -0.2) is 54.0 Å². The number of Topliss-reactive ketones (excluding diaryl/α,β-unsaturated/α-hetero) is 1. The normalized spacial score (nSPS) is 15.8. The lowest BCUT2D eigenvalue weighted by Crippen LogP contribution is -2.49. The number of carboxylic acid groups (broad SMARTS) is 1. The maximum atomic E-state index is 14.7. The Morgan fingerprint density at radius 2 is 1.85 bits per heavy atom. The largest absolute Gasteiger partial charge is 0.481 e. The van der Waals surface area contributed by atoms with Gasteiger partial charge < -0.3 is 19.6 Å². The summed E-state index contributed by atoms with van der Waals surface area (Å²) in [5.74, 6) is -7.13. The first-order chi connectivity index (χ1) is 15.7. The molecule has 0 aromatic heterocycles. The van der Waals surface area contributed by atoms with Crippen molar-refractivity contribution in [1.82, 2.24) is 4.90 Å². The quantitative estimate of drug-likeness (QED) is 0.379. The molecule has 1 aliphatic rings. The van der Waals surface area contributed by atoms with E-state index in [9.17, 15) is 27.6 Å². The van der Waals surface area contributed by atoms with Crippen LogP contribution in [0.3, 0.4) is 0 Å². The Morgan fingerprint density at radius 1 is 1.15 bits per heavy atom. The minimum atomic E-state index is -1.60. The highest BCUT2D eigenvalue weighted by atomic mass is 19.2. The van der Waals surface area contributed by atoms with Gasteiger partial charge in [-0.05, 0) is 24.5 Å². The van der Waals surface area contributed by atoms with Crippen molar-refractivity contribution in [2.75, 3.05) is 25.0 Å². The SMILES string of the molecule is CN(C(=O)OCc1ccccc1)C1CCCN(c2c(F)cc(C(=O)CC(=O)O)c(F)c2F)C1. The molecule has 1 heterocycles. The van der Waals surface area contributed by atoms with E-state index < -0.39 is 59.0 Å². The summed E-state index contributed by atoms with van der Waals surface area (Å²) in [6, 6.07) is 9.14. The number of benzene rings is 2. The summed E-state index contributed by atoms with van der Waals surface area (Å²) < 4.78 is 49.2. The van der Waals surface area contributed by atoms with E-state index >= 15 is 0 Å². The van der Waals surface area contributed by atoms with Crippen molar-refractivity contribution in [3.8, 4) is 0 Å². The molecule has 0 aliphatic carbocycles. The van der Waals surface area contributed by atoms with Crippen LogP contribution < -0.4 is 4.90 Å². The molecule has 7 nitrogen and oxygen atoms in total. The average Bonchev–Trinajstić information content (AvgIpc) is 2.79. The summed E-state index contributed by atoms with van der Waals surface area (Å²) in [5.41, 5.74) is -0.803. The van der Waals surface area contributed by atoms with Gasteiger partial charge in [-0.2, -0.15) is 0 Å². The number of anilines is 1. The number of halogens is 3. The van der Waals surface area contributed by atoms with Crippen LogP contribution in [0.2, 0.25) is 0 Å². The van der Waals surface area contributed by atoms with Crippen molar-refractivity contribution < 1.29 is 37.4 Å². The monoisotopic (exact) mass is 464 g/mol. The number of carboxylic acids is 1. The molecular weight excluding hydrogens is 441 g/mol. The molecule has 1 unspecified atom stereocenters. The highest BCUT2D eigenvalue weighted by Crippen LogP contribution is 2.31. The molecule has 0 spiro atoms. The van der Waals surface area contributed by atoms with Crippen molar-refractivity contribution >= 4 is 23.5 Å². The van der Waals surface area contributed by atoms with Crippen LogP contribution in [0.25, 0.3) is 0 Å². The number of ether oxygens (including phenoxy) is 1. The third kappa shape index (κ3) is 5.63. The summed E-state index contributed by atoms with van der Waals surface area (Å²) in [7, 11) is 1.52. The Bertz CT molecular complexity index is 1050. The van der Waals surface area contributed by atoms with Crippen molar-refractivity contribution in [2.45, 2.75) is 31.9 Å². The second-order valence-corrected chi connectivity index (χ2v) is 7.77. The zero-order valence-electron chi connectivity index (χ0n) is 17.9. The summed E-state index contributed by atoms with van der Waals surface area (Å²) in [6.45, 7) is 0.298. The second-order valence-electron chi connectivity index (χ2n) is 7.77.